The number of carbonyl (C=O) groups excluding carboxylic acids is 2. The second-order valence-electron chi connectivity index (χ2n) is 4.12. The average Bonchev–Trinajstić information content (AvgIpc) is 2.44. The minimum absolute atomic E-state index is 0.0623. The Hall–Kier alpha value is -1.56. The molecule has 0 spiro atoms. The maximum Gasteiger partial charge on any atom is 0.254 e. The zero-order valence-electron chi connectivity index (χ0n) is 11.9. The summed E-state index contributed by atoms with van der Waals surface area (Å²) in [6.07, 6.45) is 0. The highest BCUT2D eigenvalue weighted by atomic mass is 79.9. The first-order valence-electron chi connectivity index (χ1n) is 6.43. The largest absolute Gasteiger partial charge is 0.496 e. The normalized spacial score (nSPS) is 10.0. The number of benzene rings is 1. The summed E-state index contributed by atoms with van der Waals surface area (Å²) < 4.78 is 5.84. The van der Waals surface area contributed by atoms with Crippen LogP contribution >= 0.6 is 15.9 Å². The van der Waals surface area contributed by atoms with E-state index in [1.807, 2.05) is 13.8 Å². The Labute approximate surface area is 127 Å². The van der Waals surface area contributed by atoms with Crippen LogP contribution in [0.25, 0.3) is 0 Å². The number of ether oxygens (including phenoxy) is 1. The fourth-order valence-corrected chi connectivity index (χ4v) is 2.28. The summed E-state index contributed by atoms with van der Waals surface area (Å²) >= 11 is 3.35. The van der Waals surface area contributed by atoms with E-state index in [1.54, 1.807) is 25.3 Å². The van der Waals surface area contributed by atoms with Crippen molar-refractivity contribution < 1.29 is 14.3 Å². The van der Waals surface area contributed by atoms with Gasteiger partial charge >= 0.3 is 0 Å². The van der Waals surface area contributed by atoms with Crippen LogP contribution in [0.4, 0.5) is 0 Å². The number of carbonyl (C=O) groups is 2. The fraction of sp³-hybridized carbons (Fsp3) is 0.429. The molecule has 1 aromatic carbocycles. The molecule has 0 radical (unpaired) electrons. The SMILES string of the molecule is CCNC(=O)CN(CC)C(=O)c1ccc(OC)c(Br)c1. The van der Waals surface area contributed by atoms with Crippen LogP contribution in [-0.4, -0.2) is 43.5 Å². The molecule has 1 aromatic rings. The van der Waals surface area contributed by atoms with Gasteiger partial charge < -0.3 is 15.0 Å². The number of amides is 2. The molecule has 0 heterocycles. The minimum atomic E-state index is -0.179. The van der Waals surface area contributed by atoms with Gasteiger partial charge in [-0.2, -0.15) is 0 Å². The standard InChI is InChI=1S/C14H19BrN2O3/c1-4-16-13(18)9-17(5-2)14(19)10-6-7-12(20-3)11(15)8-10/h6-8H,4-5,9H2,1-3H3,(H,16,18). The molecule has 0 aliphatic rings. The number of nitrogens with zero attached hydrogens (tertiary/aromatic N) is 1. The van der Waals surface area contributed by atoms with Crippen molar-refractivity contribution >= 4 is 27.7 Å². The molecule has 0 aliphatic heterocycles. The highest BCUT2D eigenvalue weighted by Gasteiger charge is 2.18. The van der Waals surface area contributed by atoms with Gasteiger partial charge in [0.05, 0.1) is 18.1 Å². The van der Waals surface area contributed by atoms with E-state index in [1.165, 1.54) is 4.90 Å². The quantitative estimate of drug-likeness (QED) is 0.860. The zero-order valence-corrected chi connectivity index (χ0v) is 13.5. The van der Waals surface area contributed by atoms with Gasteiger partial charge in [0.25, 0.3) is 5.91 Å². The number of nitrogens with one attached hydrogen (secondary N) is 1. The van der Waals surface area contributed by atoms with Gasteiger partial charge in [-0.1, -0.05) is 0 Å². The zero-order chi connectivity index (χ0) is 15.1. The third-order valence-corrected chi connectivity index (χ3v) is 3.40. The van der Waals surface area contributed by atoms with Gasteiger partial charge in [-0.05, 0) is 48.0 Å². The molecule has 0 bridgehead atoms. The molecule has 1 rings (SSSR count). The van der Waals surface area contributed by atoms with E-state index in [0.717, 1.165) is 0 Å². The Morgan fingerprint density at radius 2 is 2.05 bits per heavy atom. The Kier molecular flexibility index (Phi) is 6.51. The monoisotopic (exact) mass is 342 g/mol. The van der Waals surface area contributed by atoms with Gasteiger partial charge in [0, 0.05) is 18.7 Å². The highest BCUT2D eigenvalue weighted by molar-refractivity contribution is 9.10. The van der Waals surface area contributed by atoms with Crippen LogP contribution in [-0.2, 0) is 4.79 Å². The summed E-state index contributed by atoms with van der Waals surface area (Å²) in [6, 6.07) is 5.10. The van der Waals surface area contributed by atoms with Crippen molar-refractivity contribution in [1.29, 1.82) is 0 Å². The maximum atomic E-state index is 12.4. The Balaban J connectivity index is 2.85. The van der Waals surface area contributed by atoms with E-state index in [4.69, 9.17) is 4.74 Å². The van der Waals surface area contributed by atoms with Crippen LogP contribution in [0, 0.1) is 0 Å². The smallest absolute Gasteiger partial charge is 0.254 e. The molecular formula is C14H19BrN2O3. The van der Waals surface area contributed by atoms with Crippen molar-refractivity contribution in [3.8, 4) is 5.75 Å². The van der Waals surface area contributed by atoms with Crippen molar-refractivity contribution in [2.45, 2.75) is 13.8 Å². The van der Waals surface area contributed by atoms with Crippen LogP contribution in [0.5, 0.6) is 5.75 Å². The van der Waals surface area contributed by atoms with E-state index >= 15 is 0 Å². The number of rotatable bonds is 6. The molecular weight excluding hydrogens is 324 g/mol. The van der Waals surface area contributed by atoms with E-state index < -0.39 is 0 Å². The predicted octanol–water partition coefficient (Wildman–Crippen LogP) is 2.06. The molecule has 0 aliphatic carbocycles. The molecule has 0 unspecified atom stereocenters. The van der Waals surface area contributed by atoms with Crippen molar-refractivity contribution in [2.75, 3.05) is 26.7 Å². The Morgan fingerprint density at radius 1 is 1.35 bits per heavy atom. The molecule has 0 saturated heterocycles. The number of hydrogen-bond acceptors (Lipinski definition) is 3. The molecule has 0 fully saturated rings. The lowest BCUT2D eigenvalue weighted by atomic mass is 10.2. The van der Waals surface area contributed by atoms with Gasteiger partial charge in [-0.25, -0.2) is 0 Å². The molecule has 20 heavy (non-hydrogen) atoms. The van der Waals surface area contributed by atoms with E-state index in [2.05, 4.69) is 21.2 Å². The van der Waals surface area contributed by atoms with Crippen molar-refractivity contribution in [1.82, 2.24) is 10.2 Å². The van der Waals surface area contributed by atoms with Crippen molar-refractivity contribution in [3.63, 3.8) is 0 Å². The molecule has 0 aromatic heterocycles. The molecule has 0 atom stereocenters. The Morgan fingerprint density at radius 3 is 2.55 bits per heavy atom. The summed E-state index contributed by atoms with van der Waals surface area (Å²) in [4.78, 5) is 25.4. The molecule has 6 heteroatoms. The number of hydrogen-bond donors (Lipinski definition) is 1. The molecule has 0 saturated carbocycles. The van der Waals surface area contributed by atoms with E-state index in [9.17, 15) is 9.59 Å². The average molecular weight is 343 g/mol. The summed E-state index contributed by atoms with van der Waals surface area (Å²) in [7, 11) is 1.56. The van der Waals surface area contributed by atoms with Crippen LogP contribution in [0.3, 0.4) is 0 Å². The molecule has 2 amide bonds. The lowest BCUT2D eigenvalue weighted by molar-refractivity contribution is -0.121. The topological polar surface area (TPSA) is 58.6 Å². The van der Waals surface area contributed by atoms with Gasteiger partial charge in [-0.15, -0.1) is 0 Å². The Bertz CT molecular complexity index is 491. The fourth-order valence-electron chi connectivity index (χ4n) is 1.74. The first-order chi connectivity index (χ1) is 9.53. The summed E-state index contributed by atoms with van der Waals surface area (Å²) in [6.45, 7) is 4.78. The number of likely N-dealkylation sites (N-methyl/N-ethyl adjacent to an activating group) is 2. The minimum Gasteiger partial charge on any atom is -0.496 e. The van der Waals surface area contributed by atoms with Gasteiger partial charge in [-0.3, -0.25) is 9.59 Å². The third kappa shape index (κ3) is 4.23. The van der Waals surface area contributed by atoms with E-state index in [-0.39, 0.29) is 18.4 Å². The number of halogens is 1. The van der Waals surface area contributed by atoms with Crippen LogP contribution in [0.2, 0.25) is 0 Å². The molecule has 1 N–H and O–H groups in total. The third-order valence-electron chi connectivity index (χ3n) is 2.78. The van der Waals surface area contributed by atoms with Gasteiger partial charge in [0.1, 0.15) is 5.75 Å². The van der Waals surface area contributed by atoms with Crippen LogP contribution in [0.1, 0.15) is 24.2 Å². The molecule has 5 nitrogen and oxygen atoms in total. The van der Waals surface area contributed by atoms with E-state index in [0.29, 0.717) is 28.9 Å². The van der Waals surface area contributed by atoms with Crippen molar-refractivity contribution in [3.05, 3.63) is 28.2 Å². The first-order valence-corrected chi connectivity index (χ1v) is 7.22. The summed E-state index contributed by atoms with van der Waals surface area (Å²) in [5.74, 6) is 0.325. The lowest BCUT2D eigenvalue weighted by Gasteiger charge is -2.20. The molecule has 110 valence electrons. The summed E-state index contributed by atoms with van der Waals surface area (Å²) in [5, 5.41) is 2.68. The predicted molar refractivity (Wildman–Crippen MR) is 81.0 cm³/mol. The second-order valence-corrected chi connectivity index (χ2v) is 4.98. The highest BCUT2D eigenvalue weighted by Crippen LogP contribution is 2.26. The van der Waals surface area contributed by atoms with Gasteiger partial charge in [0.2, 0.25) is 5.91 Å². The first kappa shape index (κ1) is 16.5. The number of methoxy groups -OCH3 is 1. The van der Waals surface area contributed by atoms with Crippen molar-refractivity contribution in [2.24, 2.45) is 0 Å². The van der Waals surface area contributed by atoms with Crippen LogP contribution < -0.4 is 10.1 Å². The summed E-state index contributed by atoms with van der Waals surface area (Å²) in [5.41, 5.74) is 0.517. The maximum absolute atomic E-state index is 12.4. The van der Waals surface area contributed by atoms with Gasteiger partial charge in [0.15, 0.2) is 0 Å². The van der Waals surface area contributed by atoms with Crippen LogP contribution in [0.15, 0.2) is 22.7 Å². The second kappa shape index (κ2) is 7.89. The lowest BCUT2D eigenvalue weighted by Crippen LogP contribution is -2.40.